The Morgan fingerprint density at radius 3 is 1.41 bits per heavy atom. The van der Waals surface area contributed by atoms with E-state index in [-0.39, 0.29) is 13.0 Å². The molecule has 0 saturated heterocycles. The predicted molar refractivity (Wildman–Crippen MR) is 245 cm³/mol. The van der Waals surface area contributed by atoms with Gasteiger partial charge in [0.2, 0.25) is 0 Å². The van der Waals surface area contributed by atoms with Crippen molar-refractivity contribution in [2.45, 2.75) is 244 Å². The number of unbranched alkanes of at least 4 members (excludes halogenated alkanes) is 29. The van der Waals surface area contributed by atoms with Crippen LogP contribution in [0.3, 0.4) is 0 Å². The lowest BCUT2D eigenvalue weighted by Gasteiger charge is -2.20. The van der Waals surface area contributed by atoms with Gasteiger partial charge in [-0.3, -0.25) is 18.6 Å². The first-order valence-electron chi connectivity index (χ1n) is 24.4. The summed E-state index contributed by atoms with van der Waals surface area (Å²) in [5.41, 5.74) is 5.37. The number of rotatable bonds is 47. The first-order valence-corrected chi connectivity index (χ1v) is 25.9. The highest BCUT2D eigenvalue weighted by molar-refractivity contribution is 7.47. The van der Waals surface area contributed by atoms with Crippen LogP contribution in [0.4, 0.5) is 0 Å². The number of nitrogens with two attached hydrogens (primary N) is 1. The number of phosphoric ester groups is 1. The molecule has 3 unspecified atom stereocenters. The highest BCUT2D eigenvalue weighted by Crippen LogP contribution is 2.43. The molecule has 0 aromatic rings. The highest BCUT2D eigenvalue weighted by atomic mass is 31.2. The van der Waals surface area contributed by atoms with Crippen molar-refractivity contribution in [3.05, 3.63) is 24.3 Å². The van der Waals surface area contributed by atoms with Crippen LogP contribution in [0.25, 0.3) is 0 Å². The van der Waals surface area contributed by atoms with Crippen molar-refractivity contribution < 1.29 is 42.7 Å². The molecule has 0 rings (SSSR count). The zero-order valence-electron chi connectivity index (χ0n) is 38.1. The zero-order chi connectivity index (χ0) is 43.3. The summed E-state index contributed by atoms with van der Waals surface area (Å²) in [4.78, 5) is 33.6. The quantitative estimate of drug-likeness (QED) is 0.0233. The Morgan fingerprint density at radius 2 is 0.932 bits per heavy atom. The van der Waals surface area contributed by atoms with Crippen LogP contribution in [0.15, 0.2) is 24.3 Å². The topological polar surface area (TPSA) is 155 Å². The molecule has 0 aromatic carbocycles. The van der Waals surface area contributed by atoms with Crippen molar-refractivity contribution in [3.63, 3.8) is 0 Å². The van der Waals surface area contributed by atoms with Gasteiger partial charge in [-0.15, -0.1) is 0 Å². The van der Waals surface area contributed by atoms with Gasteiger partial charge < -0.3 is 25.2 Å². The molecule has 11 heteroatoms. The van der Waals surface area contributed by atoms with Crippen molar-refractivity contribution in [3.8, 4) is 0 Å². The molecule has 0 aliphatic carbocycles. The Bertz CT molecular complexity index is 1040. The van der Waals surface area contributed by atoms with E-state index in [1.54, 1.807) is 0 Å². The van der Waals surface area contributed by atoms with Gasteiger partial charge in [-0.2, -0.15) is 0 Å². The van der Waals surface area contributed by atoms with E-state index in [0.717, 1.165) is 51.4 Å². The Balaban J connectivity index is 4.14. The zero-order valence-corrected chi connectivity index (χ0v) is 39.0. The van der Waals surface area contributed by atoms with E-state index >= 15 is 0 Å². The molecule has 4 N–H and O–H groups in total. The summed E-state index contributed by atoms with van der Waals surface area (Å²) in [7, 11) is -4.62. The molecule has 0 radical (unpaired) electrons. The van der Waals surface area contributed by atoms with Crippen molar-refractivity contribution >= 4 is 19.8 Å². The van der Waals surface area contributed by atoms with Gasteiger partial charge in [0, 0.05) is 13.0 Å². The lowest BCUT2D eigenvalue weighted by Crippen LogP contribution is -2.34. The van der Waals surface area contributed by atoms with E-state index in [1.165, 1.54) is 154 Å². The summed E-state index contributed by atoms with van der Waals surface area (Å²) in [5.74, 6) is -1.78. The van der Waals surface area contributed by atoms with E-state index in [2.05, 4.69) is 38.2 Å². The smallest absolute Gasteiger partial charge is 0.472 e. The molecule has 0 spiro atoms. The average molecular weight is 858 g/mol. The summed E-state index contributed by atoms with van der Waals surface area (Å²) in [6.07, 6.45) is 49.4. The second-order valence-electron chi connectivity index (χ2n) is 16.6. The number of aliphatic carboxylic acids is 1. The standard InChI is InChI=1S/C48H92NO9P/c1-3-5-7-9-11-13-15-17-19-21-22-23-25-27-29-31-33-35-37-39-41-55-42-45(43-56-59(53,54)57-44-46(49)48(51)52)58-47(50)40-38-36-34-32-30-28-26-24-20-18-16-14-12-10-8-6-4-2/h12,14,18,20,45-46H,3-11,13,15-17,19,21-44,49H2,1-2H3,(H,51,52)(H,53,54)/b14-12-,20-18-. The van der Waals surface area contributed by atoms with Crippen LogP contribution in [0.2, 0.25) is 0 Å². The Labute approximate surface area is 362 Å². The number of phosphoric acid groups is 1. The van der Waals surface area contributed by atoms with E-state index in [9.17, 15) is 19.0 Å². The Morgan fingerprint density at radius 1 is 0.542 bits per heavy atom. The van der Waals surface area contributed by atoms with Crippen molar-refractivity contribution in [1.29, 1.82) is 0 Å². The number of ether oxygens (including phenoxy) is 2. The van der Waals surface area contributed by atoms with E-state index < -0.39 is 45.1 Å². The van der Waals surface area contributed by atoms with Gasteiger partial charge in [-0.1, -0.05) is 205 Å². The van der Waals surface area contributed by atoms with Crippen LogP contribution in [0, 0.1) is 0 Å². The lowest BCUT2D eigenvalue weighted by atomic mass is 10.0. The molecular formula is C48H92NO9P. The van der Waals surface area contributed by atoms with Gasteiger partial charge in [-0.05, 0) is 44.9 Å². The second-order valence-corrected chi connectivity index (χ2v) is 18.1. The van der Waals surface area contributed by atoms with Gasteiger partial charge in [0.05, 0.1) is 19.8 Å². The van der Waals surface area contributed by atoms with Gasteiger partial charge in [0.1, 0.15) is 12.1 Å². The fourth-order valence-electron chi connectivity index (χ4n) is 6.93. The minimum atomic E-state index is -4.62. The van der Waals surface area contributed by atoms with Gasteiger partial charge >= 0.3 is 19.8 Å². The molecule has 3 atom stereocenters. The van der Waals surface area contributed by atoms with Crippen LogP contribution in [-0.2, 0) is 32.7 Å². The molecule has 0 bridgehead atoms. The Hall–Kier alpha value is -1.55. The first-order chi connectivity index (χ1) is 28.7. The minimum absolute atomic E-state index is 0.0183. The number of esters is 1. The minimum Gasteiger partial charge on any atom is -0.480 e. The molecule has 10 nitrogen and oxygen atoms in total. The SMILES string of the molecule is CCCCC/C=C\C/C=C\CCCCCCCCCC(=O)OC(COCCCCCCCCCCCCCCCCCCCCCC)COP(=O)(O)OCC(N)C(=O)O. The molecule has 0 saturated carbocycles. The molecule has 0 heterocycles. The fourth-order valence-corrected chi connectivity index (χ4v) is 7.71. The number of carbonyl (C=O) groups is 2. The number of carboxylic acid groups (broad SMARTS) is 1. The summed E-state index contributed by atoms with van der Waals surface area (Å²) in [5, 5.41) is 8.91. The van der Waals surface area contributed by atoms with Crippen molar-refractivity contribution in [1.82, 2.24) is 0 Å². The van der Waals surface area contributed by atoms with Crippen LogP contribution >= 0.6 is 7.82 Å². The molecule has 0 amide bonds. The summed E-state index contributed by atoms with van der Waals surface area (Å²) < 4.78 is 33.5. The monoisotopic (exact) mass is 858 g/mol. The third-order valence-corrected chi connectivity index (χ3v) is 11.7. The summed E-state index contributed by atoms with van der Waals surface area (Å²) in [6, 6.07) is -1.47. The van der Waals surface area contributed by atoms with E-state index in [4.69, 9.17) is 29.4 Å². The van der Waals surface area contributed by atoms with Crippen molar-refractivity contribution in [2.75, 3.05) is 26.4 Å². The molecular weight excluding hydrogens is 766 g/mol. The van der Waals surface area contributed by atoms with Crippen LogP contribution in [0.5, 0.6) is 0 Å². The number of carboxylic acids is 1. The van der Waals surface area contributed by atoms with Crippen molar-refractivity contribution in [2.24, 2.45) is 5.73 Å². The third-order valence-electron chi connectivity index (χ3n) is 10.7. The second kappa shape index (κ2) is 44.5. The average Bonchev–Trinajstić information content (AvgIpc) is 3.21. The predicted octanol–water partition coefficient (Wildman–Crippen LogP) is 13.9. The van der Waals surface area contributed by atoms with Gasteiger partial charge in [0.25, 0.3) is 0 Å². The lowest BCUT2D eigenvalue weighted by molar-refractivity contribution is -0.154. The molecule has 59 heavy (non-hydrogen) atoms. The number of hydrogen-bond donors (Lipinski definition) is 3. The van der Waals surface area contributed by atoms with E-state index in [0.29, 0.717) is 13.0 Å². The number of allylic oxidation sites excluding steroid dienone is 4. The van der Waals surface area contributed by atoms with Gasteiger partial charge in [0.15, 0.2) is 0 Å². The van der Waals surface area contributed by atoms with Crippen LogP contribution in [0.1, 0.15) is 232 Å². The summed E-state index contributed by atoms with van der Waals surface area (Å²) >= 11 is 0. The Kier molecular flexibility index (Phi) is 43.3. The molecule has 0 aliphatic heterocycles. The number of hydrogen-bond acceptors (Lipinski definition) is 8. The summed E-state index contributed by atoms with van der Waals surface area (Å²) in [6.45, 7) is 3.89. The molecule has 0 aliphatic rings. The van der Waals surface area contributed by atoms with Gasteiger partial charge in [-0.25, -0.2) is 4.57 Å². The molecule has 348 valence electrons. The van der Waals surface area contributed by atoms with Crippen LogP contribution < -0.4 is 5.73 Å². The maximum Gasteiger partial charge on any atom is 0.472 e. The number of carbonyl (C=O) groups excluding carboxylic acids is 1. The third kappa shape index (κ3) is 44.3. The highest BCUT2D eigenvalue weighted by Gasteiger charge is 2.27. The normalized spacial score (nSPS) is 14.0. The molecule has 0 fully saturated rings. The first kappa shape index (κ1) is 57.4. The largest absolute Gasteiger partial charge is 0.480 e. The maximum atomic E-state index is 12.7. The molecule has 0 aromatic heterocycles. The maximum absolute atomic E-state index is 12.7. The van der Waals surface area contributed by atoms with Crippen LogP contribution in [-0.4, -0.2) is 60.5 Å². The van der Waals surface area contributed by atoms with E-state index in [1.807, 2.05) is 0 Å². The fraction of sp³-hybridized carbons (Fsp3) is 0.875.